The van der Waals surface area contributed by atoms with Gasteiger partial charge in [-0.2, -0.15) is 0 Å². The third-order valence-electron chi connectivity index (χ3n) is 5.40. The van der Waals surface area contributed by atoms with Crippen molar-refractivity contribution in [1.29, 1.82) is 0 Å². The number of methoxy groups -OCH3 is 1. The highest BCUT2D eigenvalue weighted by Crippen LogP contribution is 2.29. The van der Waals surface area contributed by atoms with Crippen molar-refractivity contribution in [3.05, 3.63) is 77.3 Å². The number of nitrogens with zero attached hydrogens (tertiary/aromatic N) is 3. The van der Waals surface area contributed by atoms with Gasteiger partial charge in [-0.25, -0.2) is 4.98 Å². The predicted molar refractivity (Wildman–Crippen MR) is 109 cm³/mol. The van der Waals surface area contributed by atoms with Gasteiger partial charge in [-0.3, -0.25) is 9.78 Å². The molecule has 3 heterocycles. The van der Waals surface area contributed by atoms with Crippen molar-refractivity contribution in [1.82, 2.24) is 14.9 Å². The summed E-state index contributed by atoms with van der Waals surface area (Å²) >= 11 is 0. The number of benzene rings is 1. The van der Waals surface area contributed by atoms with Gasteiger partial charge in [0, 0.05) is 31.3 Å². The Balaban J connectivity index is 1.47. The summed E-state index contributed by atoms with van der Waals surface area (Å²) in [5.74, 6) is 2.42. The molecule has 1 aliphatic heterocycles. The van der Waals surface area contributed by atoms with Crippen LogP contribution in [0.1, 0.15) is 52.0 Å². The summed E-state index contributed by atoms with van der Waals surface area (Å²) in [7, 11) is 1.67. The molecule has 150 valence electrons. The number of piperidine rings is 1. The number of pyridine rings is 1. The molecule has 3 aromatic rings. The average Bonchev–Trinajstić information content (AvgIpc) is 3.23. The van der Waals surface area contributed by atoms with E-state index in [1.165, 1.54) is 0 Å². The Morgan fingerprint density at radius 3 is 2.93 bits per heavy atom. The zero-order valence-corrected chi connectivity index (χ0v) is 16.8. The molecule has 1 fully saturated rings. The van der Waals surface area contributed by atoms with Crippen molar-refractivity contribution in [3.63, 3.8) is 0 Å². The van der Waals surface area contributed by atoms with Crippen LogP contribution in [0.15, 0.2) is 53.2 Å². The van der Waals surface area contributed by atoms with Gasteiger partial charge < -0.3 is 14.1 Å². The van der Waals surface area contributed by atoms with Crippen molar-refractivity contribution >= 4 is 5.91 Å². The van der Waals surface area contributed by atoms with Crippen molar-refractivity contribution in [2.75, 3.05) is 20.2 Å². The van der Waals surface area contributed by atoms with E-state index in [2.05, 4.69) is 9.97 Å². The van der Waals surface area contributed by atoms with E-state index in [9.17, 15) is 4.79 Å². The van der Waals surface area contributed by atoms with Gasteiger partial charge in [0.05, 0.1) is 19.2 Å². The molecule has 1 aromatic carbocycles. The summed E-state index contributed by atoms with van der Waals surface area (Å²) in [4.78, 5) is 23.6. The number of rotatable bonds is 5. The third-order valence-corrected chi connectivity index (χ3v) is 5.40. The van der Waals surface area contributed by atoms with E-state index in [0.29, 0.717) is 24.6 Å². The van der Waals surface area contributed by atoms with Crippen molar-refractivity contribution in [2.45, 2.75) is 32.1 Å². The fraction of sp³-hybridized carbons (Fsp3) is 0.348. The molecule has 1 atom stereocenters. The van der Waals surface area contributed by atoms with Gasteiger partial charge in [0.25, 0.3) is 5.91 Å². The molecule has 0 spiro atoms. The van der Waals surface area contributed by atoms with Gasteiger partial charge in [-0.05, 0) is 37.5 Å². The molecule has 1 amide bonds. The first-order chi connectivity index (χ1) is 14.2. The molecule has 0 bridgehead atoms. The van der Waals surface area contributed by atoms with Crippen LogP contribution in [0.5, 0.6) is 5.75 Å². The smallest absolute Gasteiger partial charge is 0.272 e. The first-order valence-corrected chi connectivity index (χ1v) is 9.93. The van der Waals surface area contributed by atoms with Gasteiger partial charge in [-0.15, -0.1) is 0 Å². The Hall–Kier alpha value is -3.15. The van der Waals surface area contributed by atoms with Crippen molar-refractivity contribution in [3.8, 4) is 5.75 Å². The maximum atomic E-state index is 12.9. The quantitative estimate of drug-likeness (QED) is 0.658. The molecule has 0 aliphatic carbocycles. The first-order valence-electron chi connectivity index (χ1n) is 9.93. The van der Waals surface area contributed by atoms with Gasteiger partial charge in [0.15, 0.2) is 5.89 Å². The van der Waals surface area contributed by atoms with Gasteiger partial charge in [-0.1, -0.05) is 24.3 Å². The molecule has 0 N–H and O–H groups in total. The number of para-hydroxylation sites is 1. The molecule has 0 saturated carbocycles. The first kappa shape index (κ1) is 19.2. The lowest BCUT2D eigenvalue weighted by Gasteiger charge is -2.31. The van der Waals surface area contributed by atoms with E-state index in [1.807, 2.05) is 48.2 Å². The van der Waals surface area contributed by atoms with Crippen LogP contribution in [0.25, 0.3) is 0 Å². The summed E-state index contributed by atoms with van der Waals surface area (Å²) < 4.78 is 11.5. The van der Waals surface area contributed by atoms with E-state index in [-0.39, 0.29) is 11.8 Å². The lowest BCUT2D eigenvalue weighted by molar-refractivity contribution is 0.0691. The molecular weight excluding hydrogens is 366 g/mol. The van der Waals surface area contributed by atoms with E-state index >= 15 is 0 Å². The summed E-state index contributed by atoms with van der Waals surface area (Å²) in [6, 6.07) is 11.7. The van der Waals surface area contributed by atoms with Crippen LogP contribution in [0.4, 0.5) is 0 Å². The molecule has 6 nitrogen and oxygen atoms in total. The largest absolute Gasteiger partial charge is 0.496 e. The van der Waals surface area contributed by atoms with Gasteiger partial charge in [0.2, 0.25) is 0 Å². The number of aryl methyl sites for hydroxylation is 1. The Kier molecular flexibility index (Phi) is 5.60. The Morgan fingerprint density at radius 2 is 2.10 bits per heavy atom. The van der Waals surface area contributed by atoms with E-state index in [0.717, 1.165) is 42.0 Å². The summed E-state index contributed by atoms with van der Waals surface area (Å²) in [5, 5.41) is 0. The third kappa shape index (κ3) is 4.16. The zero-order valence-electron chi connectivity index (χ0n) is 16.8. The number of carbonyl (C=O) groups is 1. The molecule has 0 radical (unpaired) electrons. The standard InChI is InChI=1S/C23H25N3O3/c1-16-7-5-11-24-21(16)23(27)26-12-6-9-18(15-26)22-25-14-19(29-22)13-17-8-3-4-10-20(17)28-2/h3-5,7-8,10-11,14,18H,6,9,12-13,15H2,1-2H3. The molecule has 1 unspecified atom stereocenters. The maximum Gasteiger partial charge on any atom is 0.272 e. The average molecular weight is 391 g/mol. The molecule has 4 rings (SSSR count). The topological polar surface area (TPSA) is 68.5 Å². The maximum absolute atomic E-state index is 12.9. The van der Waals surface area contributed by atoms with E-state index in [1.54, 1.807) is 19.5 Å². The zero-order chi connectivity index (χ0) is 20.2. The number of hydrogen-bond acceptors (Lipinski definition) is 5. The lowest BCUT2D eigenvalue weighted by Crippen LogP contribution is -2.39. The van der Waals surface area contributed by atoms with Crippen molar-refractivity contribution in [2.24, 2.45) is 0 Å². The van der Waals surface area contributed by atoms with Crippen LogP contribution in [-0.4, -0.2) is 41.0 Å². The van der Waals surface area contributed by atoms with E-state index < -0.39 is 0 Å². The normalized spacial score (nSPS) is 16.6. The minimum Gasteiger partial charge on any atom is -0.496 e. The molecule has 1 saturated heterocycles. The second-order valence-electron chi connectivity index (χ2n) is 7.41. The molecule has 29 heavy (non-hydrogen) atoms. The van der Waals surface area contributed by atoms with Crippen molar-refractivity contribution < 1.29 is 13.9 Å². The van der Waals surface area contributed by atoms with Gasteiger partial charge in [0.1, 0.15) is 17.2 Å². The number of amides is 1. The summed E-state index contributed by atoms with van der Waals surface area (Å²) in [5.41, 5.74) is 2.48. The van der Waals surface area contributed by atoms with E-state index in [4.69, 9.17) is 9.15 Å². The molecule has 1 aliphatic rings. The molecule has 2 aromatic heterocycles. The fourth-order valence-electron chi connectivity index (χ4n) is 3.85. The number of oxazole rings is 1. The fourth-order valence-corrected chi connectivity index (χ4v) is 3.85. The van der Waals surface area contributed by atoms with Crippen LogP contribution in [0.3, 0.4) is 0 Å². The monoisotopic (exact) mass is 391 g/mol. The number of hydrogen-bond donors (Lipinski definition) is 0. The van der Waals surface area contributed by atoms with Crippen LogP contribution >= 0.6 is 0 Å². The highest BCUT2D eigenvalue weighted by atomic mass is 16.5. The predicted octanol–water partition coefficient (Wildman–Crippen LogP) is 4.00. The number of aromatic nitrogens is 2. The number of ether oxygens (including phenoxy) is 1. The highest BCUT2D eigenvalue weighted by molar-refractivity contribution is 5.93. The molecule has 6 heteroatoms. The minimum absolute atomic E-state index is 0.0198. The number of carbonyl (C=O) groups excluding carboxylic acids is 1. The number of likely N-dealkylation sites (tertiary alicyclic amines) is 1. The van der Waals surface area contributed by atoms with Crippen LogP contribution in [0, 0.1) is 6.92 Å². The second kappa shape index (κ2) is 8.47. The van der Waals surface area contributed by atoms with Crippen LogP contribution in [-0.2, 0) is 6.42 Å². The minimum atomic E-state index is -0.0198. The summed E-state index contributed by atoms with van der Waals surface area (Å²) in [6.45, 7) is 3.25. The lowest BCUT2D eigenvalue weighted by atomic mass is 9.97. The Labute approximate surface area is 170 Å². The van der Waals surface area contributed by atoms with Crippen LogP contribution in [0.2, 0.25) is 0 Å². The summed E-state index contributed by atoms with van der Waals surface area (Å²) in [6.07, 6.45) is 5.96. The van der Waals surface area contributed by atoms with Gasteiger partial charge >= 0.3 is 0 Å². The Morgan fingerprint density at radius 1 is 1.24 bits per heavy atom. The Bertz CT molecular complexity index is 998. The molecular formula is C23H25N3O3. The SMILES string of the molecule is COc1ccccc1Cc1cnc(C2CCCN(C(=O)c3ncccc3C)C2)o1. The second-order valence-corrected chi connectivity index (χ2v) is 7.41. The highest BCUT2D eigenvalue weighted by Gasteiger charge is 2.29. The van der Waals surface area contributed by atoms with Crippen LogP contribution < -0.4 is 4.74 Å².